The number of amides is 1. The van der Waals surface area contributed by atoms with Crippen molar-refractivity contribution in [2.24, 2.45) is 0 Å². The minimum absolute atomic E-state index is 0.00332. The highest BCUT2D eigenvalue weighted by Gasteiger charge is 2.22. The van der Waals surface area contributed by atoms with E-state index >= 15 is 0 Å². The molecule has 6 nitrogen and oxygen atoms in total. The quantitative estimate of drug-likeness (QED) is 0.764. The van der Waals surface area contributed by atoms with E-state index in [1.165, 1.54) is 0 Å². The Bertz CT molecular complexity index is 775. The maximum absolute atomic E-state index is 12.1. The molecule has 0 fully saturated rings. The molecule has 1 aromatic carbocycles. The molecule has 0 unspecified atom stereocenters. The van der Waals surface area contributed by atoms with Gasteiger partial charge in [-0.2, -0.15) is 0 Å². The summed E-state index contributed by atoms with van der Waals surface area (Å²) in [5, 5.41) is 2.95. The minimum atomic E-state index is -0.134. The first-order valence-corrected chi connectivity index (χ1v) is 9.19. The number of hydrogen-bond donors (Lipinski definition) is 1. The molecule has 0 aliphatic carbocycles. The summed E-state index contributed by atoms with van der Waals surface area (Å²) < 4.78 is 16.4. The monoisotopic (exact) mass is 374 g/mol. The van der Waals surface area contributed by atoms with Crippen molar-refractivity contribution in [1.29, 1.82) is 0 Å². The lowest BCUT2D eigenvalue weighted by molar-refractivity contribution is -0.121. The van der Waals surface area contributed by atoms with Crippen LogP contribution in [0.2, 0.25) is 0 Å². The highest BCUT2D eigenvalue weighted by molar-refractivity contribution is 5.76. The number of carbonyl (C=O) groups is 1. The van der Waals surface area contributed by atoms with Gasteiger partial charge in [0.15, 0.2) is 17.4 Å². The lowest BCUT2D eigenvalue weighted by Gasteiger charge is -2.12. The van der Waals surface area contributed by atoms with Crippen LogP contribution in [0.25, 0.3) is 0 Å². The average Bonchev–Trinajstić information content (AvgIpc) is 3.01. The fourth-order valence-electron chi connectivity index (χ4n) is 2.68. The van der Waals surface area contributed by atoms with Crippen molar-refractivity contribution in [1.82, 2.24) is 10.3 Å². The predicted octanol–water partition coefficient (Wildman–Crippen LogP) is 3.59. The molecule has 1 N–H and O–H groups in total. The minimum Gasteiger partial charge on any atom is -0.493 e. The Balaban J connectivity index is 1.81. The van der Waals surface area contributed by atoms with Crippen LogP contribution in [0.5, 0.6) is 11.5 Å². The van der Waals surface area contributed by atoms with Crippen molar-refractivity contribution in [3.63, 3.8) is 0 Å². The number of rotatable bonds is 8. The summed E-state index contributed by atoms with van der Waals surface area (Å²) in [6.07, 6.45) is 1.66. The second-order valence-electron chi connectivity index (χ2n) is 7.57. The Kier molecular flexibility index (Phi) is 6.88. The van der Waals surface area contributed by atoms with Crippen LogP contribution in [0, 0.1) is 6.92 Å². The molecule has 1 aromatic heterocycles. The van der Waals surface area contributed by atoms with Crippen molar-refractivity contribution in [3.8, 4) is 11.5 Å². The summed E-state index contributed by atoms with van der Waals surface area (Å²) in [4.78, 5) is 16.6. The van der Waals surface area contributed by atoms with Crippen LogP contribution in [0.15, 0.2) is 22.6 Å². The summed E-state index contributed by atoms with van der Waals surface area (Å²) in [6.45, 7) is 8.66. The first kappa shape index (κ1) is 20.8. The summed E-state index contributed by atoms with van der Waals surface area (Å²) >= 11 is 0. The molecule has 0 bridgehead atoms. The normalized spacial score (nSPS) is 11.3. The van der Waals surface area contributed by atoms with Gasteiger partial charge in [-0.15, -0.1) is 0 Å². The Morgan fingerprint density at radius 2 is 1.85 bits per heavy atom. The fraction of sp³-hybridized carbons (Fsp3) is 0.524. The molecule has 1 heterocycles. The number of methoxy groups -OCH3 is 2. The first-order valence-electron chi connectivity index (χ1n) is 9.19. The molecule has 0 radical (unpaired) electrons. The van der Waals surface area contributed by atoms with Crippen LogP contribution < -0.4 is 14.8 Å². The van der Waals surface area contributed by atoms with Gasteiger partial charge in [0.05, 0.1) is 19.9 Å². The van der Waals surface area contributed by atoms with Gasteiger partial charge in [-0.05, 0) is 31.0 Å². The molecule has 27 heavy (non-hydrogen) atoms. The van der Waals surface area contributed by atoms with E-state index in [1.807, 2.05) is 25.1 Å². The third-order valence-electron chi connectivity index (χ3n) is 4.30. The van der Waals surface area contributed by atoms with Crippen molar-refractivity contribution in [3.05, 3.63) is 41.1 Å². The summed E-state index contributed by atoms with van der Waals surface area (Å²) in [5.74, 6) is 2.89. The molecule has 2 rings (SSSR count). The Morgan fingerprint density at radius 1 is 1.15 bits per heavy atom. The number of oxazole rings is 1. The van der Waals surface area contributed by atoms with E-state index in [2.05, 4.69) is 31.1 Å². The van der Waals surface area contributed by atoms with Crippen LogP contribution in [0.4, 0.5) is 0 Å². The number of ether oxygens (including phenoxy) is 2. The summed E-state index contributed by atoms with van der Waals surface area (Å²) in [5.41, 5.74) is 1.80. The maximum atomic E-state index is 12.1. The van der Waals surface area contributed by atoms with Gasteiger partial charge in [-0.1, -0.05) is 26.8 Å². The van der Waals surface area contributed by atoms with Gasteiger partial charge in [0.1, 0.15) is 5.76 Å². The van der Waals surface area contributed by atoms with Gasteiger partial charge in [-0.3, -0.25) is 4.79 Å². The van der Waals surface area contributed by atoms with Gasteiger partial charge in [0, 0.05) is 24.8 Å². The number of nitrogens with zero attached hydrogens (tertiary/aromatic N) is 1. The second-order valence-corrected chi connectivity index (χ2v) is 7.57. The molecule has 0 saturated carbocycles. The SMILES string of the molecule is COc1ccc(CCNC(=O)CCc2oc(C(C)(C)C)nc2C)cc1OC. The van der Waals surface area contributed by atoms with E-state index in [1.54, 1.807) is 14.2 Å². The molecule has 148 valence electrons. The fourth-order valence-corrected chi connectivity index (χ4v) is 2.68. The molecule has 0 atom stereocenters. The third kappa shape index (κ3) is 5.74. The predicted molar refractivity (Wildman–Crippen MR) is 105 cm³/mol. The molecular weight excluding hydrogens is 344 g/mol. The number of hydrogen-bond acceptors (Lipinski definition) is 5. The zero-order chi connectivity index (χ0) is 20.0. The van der Waals surface area contributed by atoms with Gasteiger partial charge in [-0.25, -0.2) is 4.98 Å². The lowest BCUT2D eigenvalue weighted by atomic mass is 9.97. The van der Waals surface area contributed by atoms with Crippen LogP contribution in [0.1, 0.15) is 50.1 Å². The largest absolute Gasteiger partial charge is 0.493 e. The van der Waals surface area contributed by atoms with Crippen LogP contribution in [-0.2, 0) is 23.1 Å². The molecule has 0 spiro atoms. The highest BCUT2D eigenvalue weighted by Crippen LogP contribution is 2.27. The first-order chi connectivity index (χ1) is 12.7. The molecule has 0 aliphatic heterocycles. The molecule has 0 saturated heterocycles. The van der Waals surface area contributed by atoms with Crippen molar-refractivity contribution < 1.29 is 18.7 Å². The van der Waals surface area contributed by atoms with Gasteiger partial charge >= 0.3 is 0 Å². The van der Waals surface area contributed by atoms with Crippen molar-refractivity contribution in [2.75, 3.05) is 20.8 Å². The standard InChI is InChI=1S/C21H30N2O4/c1-14-16(27-20(23-14)21(2,3)4)9-10-19(24)22-12-11-15-7-8-17(25-5)18(13-15)26-6/h7-8,13H,9-12H2,1-6H3,(H,22,24). The lowest BCUT2D eigenvalue weighted by Crippen LogP contribution is -2.25. The smallest absolute Gasteiger partial charge is 0.220 e. The van der Waals surface area contributed by atoms with Crippen LogP contribution in [-0.4, -0.2) is 31.7 Å². The summed E-state index contributed by atoms with van der Waals surface area (Å²) in [6, 6.07) is 5.77. The number of aryl methyl sites for hydroxylation is 2. The summed E-state index contributed by atoms with van der Waals surface area (Å²) in [7, 11) is 3.22. The third-order valence-corrected chi connectivity index (χ3v) is 4.30. The molecule has 1 amide bonds. The van der Waals surface area contributed by atoms with Gasteiger partial charge in [0.2, 0.25) is 5.91 Å². The number of benzene rings is 1. The number of aromatic nitrogens is 1. The molecule has 0 aliphatic rings. The van der Waals surface area contributed by atoms with E-state index in [4.69, 9.17) is 13.9 Å². The van der Waals surface area contributed by atoms with Crippen LogP contribution >= 0.6 is 0 Å². The van der Waals surface area contributed by atoms with Crippen LogP contribution in [0.3, 0.4) is 0 Å². The Hall–Kier alpha value is -2.50. The van der Waals surface area contributed by atoms with E-state index in [-0.39, 0.29) is 11.3 Å². The Morgan fingerprint density at radius 3 is 2.44 bits per heavy atom. The van der Waals surface area contributed by atoms with Gasteiger partial charge < -0.3 is 19.2 Å². The molecular formula is C21H30N2O4. The zero-order valence-corrected chi connectivity index (χ0v) is 17.1. The van der Waals surface area contributed by atoms with Gasteiger partial charge in [0.25, 0.3) is 0 Å². The second kappa shape index (κ2) is 8.93. The van der Waals surface area contributed by atoms with Crippen molar-refractivity contribution >= 4 is 5.91 Å². The topological polar surface area (TPSA) is 73.6 Å². The number of nitrogens with one attached hydrogen (secondary N) is 1. The maximum Gasteiger partial charge on any atom is 0.220 e. The number of carbonyl (C=O) groups excluding carboxylic acids is 1. The van der Waals surface area contributed by atoms with E-state index in [0.29, 0.717) is 36.8 Å². The highest BCUT2D eigenvalue weighted by atomic mass is 16.5. The van der Waals surface area contributed by atoms with E-state index in [0.717, 1.165) is 23.4 Å². The molecule has 2 aromatic rings. The zero-order valence-electron chi connectivity index (χ0n) is 17.1. The Labute approximate surface area is 161 Å². The van der Waals surface area contributed by atoms with E-state index in [9.17, 15) is 4.79 Å². The van der Waals surface area contributed by atoms with E-state index < -0.39 is 0 Å². The molecule has 6 heteroatoms. The average molecular weight is 374 g/mol. The van der Waals surface area contributed by atoms with Crippen molar-refractivity contribution in [2.45, 2.75) is 52.4 Å².